The van der Waals surface area contributed by atoms with Crippen molar-refractivity contribution in [3.63, 3.8) is 0 Å². The number of aromatic nitrogens is 3. The van der Waals surface area contributed by atoms with E-state index in [1.54, 1.807) is 12.1 Å². The summed E-state index contributed by atoms with van der Waals surface area (Å²) in [6.45, 7) is 7.54. The second-order valence-electron chi connectivity index (χ2n) is 8.76. The van der Waals surface area contributed by atoms with Gasteiger partial charge in [-0.2, -0.15) is 9.78 Å². The van der Waals surface area contributed by atoms with Crippen molar-refractivity contribution in [1.82, 2.24) is 20.1 Å². The Morgan fingerprint density at radius 2 is 2.14 bits per heavy atom. The van der Waals surface area contributed by atoms with Crippen LogP contribution in [0.3, 0.4) is 0 Å². The monoisotopic (exact) mass is 506 g/mol. The minimum atomic E-state index is -1.14. The average Bonchev–Trinajstić information content (AvgIpc) is 3.35. The van der Waals surface area contributed by atoms with Crippen LogP contribution in [0.4, 0.5) is 4.39 Å². The van der Waals surface area contributed by atoms with E-state index in [-0.39, 0.29) is 23.9 Å². The number of carbonyl (C=O) groups is 1. The van der Waals surface area contributed by atoms with Crippen LogP contribution in [0.2, 0.25) is 0 Å². The molecule has 4 rings (SSSR count). The molecule has 0 unspecified atom stereocenters. The second-order valence-corrected chi connectivity index (χ2v) is 8.76. The number of rotatable bonds is 9. The van der Waals surface area contributed by atoms with E-state index < -0.39 is 5.97 Å². The summed E-state index contributed by atoms with van der Waals surface area (Å²) in [6.07, 6.45) is 4.69. The summed E-state index contributed by atoms with van der Waals surface area (Å²) >= 11 is 0. The Balaban J connectivity index is 1.65. The quantitative estimate of drug-likeness (QED) is 0.309. The van der Waals surface area contributed by atoms with E-state index in [1.807, 2.05) is 45.0 Å². The zero-order valence-corrected chi connectivity index (χ0v) is 21.5. The maximum atomic E-state index is 14.7. The van der Waals surface area contributed by atoms with Crippen LogP contribution < -0.4 is 10.1 Å². The molecular weight excluding hydrogens is 475 g/mol. The van der Waals surface area contributed by atoms with Gasteiger partial charge in [0.1, 0.15) is 23.7 Å². The van der Waals surface area contributed by atoms with E-state index in [1.165, 1.54) is 18.0 Å². The molecule has 0 saturated heterocycles. The number of ether oxygens (including phenoxy) is 2. The summed E-state index contributed by atoms with van der Waals surface area (Å²) < 4.78 is 27.7. The molecule has 0 spiro atoms. The summed E-state index contributed by atoms with van der Waals surface area (Å²) in [4.78, 5) is 16.3. The van der Waals surface area contributed by atoms with E-state index >= 15 is 0 Å². The first-order chi connectivity index (χ1) is 17.9. The Morgan fingerprint density at radius 3 is 2.84 bits per heavy atom. The third-order valence-electron chi connectivity index (χ3n) is 6.43. The Bertz CT molecular complexity index is 1380. The molecule has 2 aromatic heterocycles. The van der Waals surface area contributed by atoms with Crippen LogP contribution in [0.5, 0.6) is 5.88 Å². The highest BCUT2D eigenvalue weighted by molar-refractivity contribution is 5.90. The third-order valence-corrected chi connectivity index (χ3v) is 6.43. The molecule has 0 atom stereocenters. The molecule has 0 saturated carbocycles. The molecule has 3 heterocycles. The highest BCUT2D eigenvalue weighted by atomic mass is 19.1. The van der Waals surface area contributed by atoms with Crippen molar-refractivity contribution in [2.45, 2.75) is 46.8 Å². The molecule has 9 heteroatoms. The number of benzene rings is 1. The van der Waals surface area contributed by atoms with Gasteiger partial charge in [0.05, 0.1) is 19.0 Å². The van der Waals surface area contributed by atoms with Crippen LogP contribution in [0.25, 0.3) is 11.4 Å². The summed E-state index contributed by atoms with van der Waals surface area (Å²) in [5.41, 5.74) is 4.88. The molecule has 1 aliphatic rings. The minimum Gasteiger partial charge on any atom is -0.488 e. The molecule has 0 radical (unpaired) electrons. The van der Waals surface area contributed by atoms with Crippen molar-refractivity contribution in [3.8, 4) is 11.7 Å². The number of nitrogens with zero attached hydrogens (tertiary/aromatic N) is 3. The zero-order chi connectivity index (χ0) is 26.5. The normalized spacial score (nSPS) is 14.1. The van der Waals surface area contributed by atoms with Gasteiger partial charge in [-0.05, 0) is 68.1 Å². The van der Waals surface area contributed by atoms with Gasteiger partial charge in [0.15, 0.2) is 5.82 Å². The molecule has 37 heavy (non-hydrogen) atoms. The van der Waals surface area contributed by atoms with E-state index in [2.05, 4.69) is 10.4 Å². The number of pyridine rings is 1. The largest absolute Gasteiger partial charge is 0.488 e. The van der Waals surface area contributed by atoms with Gasteiger partial charge in [-0.25, -0.2) is 14.2 Å². The van der Waals surface area contributed by atoms with Crippen LogP contribution in [0.1, 0.15) is 59.9 Å². The van der Waals surface area contributed by atoms with Crippen LogP contribution >= 0.6 is 0 Å². The van der Waals surface area contributed by atoms with Crippen molar-refractivity contribution in [1.29, 1.82) is 0 Å². The summed E-state index contributed by atoms with van der Waals surface area (Å²) in [5.74, 6) is -0.190. The molecule has 0 amide bonds. The van der Waals surface area contributed by atoms with Gasteiger partial charge in [0, 0.05) is 17.7 Å². The predicted molar refractivity (Wildman–Crippen MR) is 138 cm³/mol. The molecule has 1 aliphatic heterocycles. The lowest BCUT2D eigenvalue weighted by atomic mass is 9.98. The third kappa shape index (κ3) is 5.41. The Hall–Kier alpha value is -3.98. The first kappa shape index (κ1) is 26.1. The lowest BCUT2D eigenvalue weighted by Crippen LogP contribution is -2.24. The summed E-state index contributed by atoms with van der Waals surface area (Å²) in [6, 6.07) is 8.96. The molecule has 0 aliphatic carbocycles. The van der Waals surface area contributed by atoms with Crippen molar-refractivity contribution in [2.24, 2.45) is 0 Å². The maximum absolute atomic E-state index is 14.7. The average molecular weight is 507 g/mol. The lowest BCUT2D eigenvalue weighted by Gasteiger charge is -2.20. The number of fused-ring (bicyclic) bond motifs is 1. The van der Waals surface area contributed by atoms with Gasteiger partial charge in [-0.15, -0.1) is 0 Å². The van der Waals surface area contributed by atoms with Crippen molar-refractivity contribution in [2.75, 3.05) is 13.7 Å². The van der Waals surface area contributed by atoms with Gasteiger partial charge in [-0.3, -0.25) is 0 Å². The van der Waals surface area contributed by atoms with Gasteiger partial charge in [0.2, 0.25) is 5.88 Å². The number of carboxylic acid groups (broad SMARTS) is 1. The summed E-state index contributed by atoms with van der Waals surface area (Å²) in [5, 5.41) is 16.8. The van der Waals surface area contributed by atoms with Crippen LogP contribution in [-0.2, 0) is 24.3 Å². The lowest BCUT2D eigenvalue weighted by molar-refractivity contribution is 0.0693. The number of hydrogen-bond acceptors (Lipinski definition) is 6. The highest BCUT2D eigenvalue weighted by Gasteiger charge is 2.21. The van der Waals surface area contributed by atoms with Crippen molar-refractivity contribution >= 4 is 11.5 Å². The molecule has 3 aromatic rings. The number of aromatic carboxylic acids is 1. The van der Waals surface area contributed by atoms with Gasteiger partial charge in [-0.1, -0.05) is 25.1 Å². The second kappa shape index (κ2) is 11.4. The molecule has 0 fully saturated rings. The van der Waals surface area contributed by atoms with E-state index in [9.17, 15) is 14.3 Å². The molecule has 8 nitrogen and oxygen atoms in total. The van der Waals surface area contributed by atoms with E-state index in [0.29, 0.717) is 23.8 Å². The number of hydrogen-bond donors (Lipinski definition) is 2. The SMILES string of the molecule is C/C=C(\C(OCc1cc(F)c2c(c1)CCNC2)=C(\C)CC)c1cccc(-n2ncc(C(=O)O)c2OC)n1. The number of carboxylic acids is 1. The number of methoxy groups -OCH3 is 1. The molecule has 1 aromatic carbocycles. The van der Waals surface area contributed by atoms with E-state index in [4.69, 9.17) is 14.5 Å². The number of halogens is 1. The van der Waals surface area contributed by atoms with Crippen molar-refractivity contribution < 1.29 is 23.8 Å². The van der Waals surface area contributed by atoms with Crippen LogP contribution in [-0.4, -0.2) is 39.5 Å². The minimum absolute atomic E-state index is 0.0558. The smallest absolute Gasteiger partial charge is 0.342 e. The Labute approximate surface area is 215 Å². The maximum Gasteiger partial charge on any atom is 0.342 e. The fourth-order valence-corrected chi connectivity index (χ4v) is 4.37. The molecular formula is C28H31FN4O4. The Kier molecular flexibility index (Phi) is 8.03. The number of nitrogens with one attached hydrogen (secondary N) is 1. The van der Waals surface area contributed by atoms with Gasteiger partial charge < -0.3 is 19.9 Å². The van der Waals surface area contributed by atoms with E-state index in [0.717, 1.165) is 47.2 Å². The van der Waals surface area contributed by atoms with Crippen molar-refractivity contribution in [3.05, 3.63) is 87.7 Å². The first-order valence-electron chi connectivity index (χ1n) is 12.2. The fraction of sp³-hybridized carbons (Fsp3) is 0.321. The summed E-state index contributed by atoms with van der Waals surface area (Å²) in [7, 11) is 1.39. The Morgan fingerprint density at radius 1 is 1.32 bits per heavy atom. The predicted octanol–water partition coefficient (Wildman–Crippen LogP) is 5.06. The standard InChI is InChI=1S/C28H31FN4O4/c1-5-17(3)26(37-16-18-12-19-10-11-30-14-21(19)23(29)13-18)20(6-2)24-8-7-9-25(32-24)33-27(36-4)22(15-31-33)28(34)35/h6-9,12-13,15,30H,5,10-11,14,16H2,1-4H3,(H,34,35)/b20-6-,26-17+. The van der Waals surface area contributed by atoms with Crippen LogP contribution in [0, 0.1) is 5.82 Å². The van der Waals surface area contributed by atoms with Gasteiger partial charge >= 0.3 is 5.97 Å². The zero-order valence-electron chi connectivity index (χ0n) is 21.5. The topological polar surface area (TPSA) is 98.5 Å². The molecule has 0 bridgehead atoms. The van der Waals surface area contributed by atoms with Gasteiger partial charge in [0.25, 0.3) is 0 Å². The molecule has 2 N–H and O–H groups in total. The fourth-order valence-electron chi connectivity index (χ4n) is 4.37. The highest BCUT2D eigenvalue weighted by Crippen LogP contribution is 2.30. The van der Waals surface area contributed by atoms with Crippen LogP contribution in [0.15, 0.2) is 53.9 Å². The number of allylic oxidation sites excluding steroid dienone is 3. The first-order valence-corrected chi connectivity index (χ1v) is 12.2. The molecule has 194 valence electrons.